The zero-order valence-electron chi connectivity index (χ0n) is 17.2. The summed E-state index contributed by atoms with van der Waals surface area (Å²) in [6.07, 6.45) is 1.63. The number of aliphatic imine (C=N–C) groups is 1. The van der Waals surface area contributed by atoms with Crippen molar-refractivity contribution in [1.82, 2.24) is 4.31 Å². The van der Waals surface area contributed by atoms with Gasteiger partial charge >= 0.3 is 5.97 Å². The Hall–Kier alpha value is -2.97. The maximum Gasteiger partial charge on any atom is 0.363 e. The molecule has 30 heavy (non-hydrogen) atoms. The van der Waals surface area contributed by atoms with Crippen LogP contribution in [0.15, 0.2) is 64.1 Å². The van der Waals surface area contributed by atoms with Gasteiger partial charge in [0.25, 0.3) is 0 Å². The molecular weight excluding hydrogens is 404 g/mol. The summed E-state index contributed by atoms with van der Waals surface area (Å²) in [4.78, 5) is 16.6. The van der Waals surface area contributed by atoms with Crippen LogP contribution in [0.2, 0.25) is 0 Å². The van der Waals surface area contributed by atoms with Crippen molar-refractivity contribution in [2.24, 2.45) is 4.99 Å². The van der Waals surface area contributed by atoms with Crippen LogP contribution in [0.25, 0.3) is 6.08 Å². The van der Waals surface area contributed by atoms with Crippen molar-refractivity contribution >= 4 is 28.0 Å². The molecule has 0 unspecified atom stereocenters. The average molecular weight is 429 g/mol. The summed E-state index contributed by atoms with van der Waals surface area (Å²) >= 11 is 0. The summed E-state index contributed by atoms with van der Waals surface area (Å²) in [5.41, 5.74) is 1.49. The number of carbonyl (C=O) groups is 1. The standard InChI is InChI=1S/C22H24N2O5S/c1-4-24(5-2)30(26,27)19-13-9-17(10-14-19)21-23-20(22(25)29-21)15-16-7-11-18(12-8-16)28-6-3/h7-15H,4-6H2,1-3H3/b20-15-. The topological polar surface area (TPSA) is 85.3 Å². The van der Waals surface area contributed by atoms with Crippen LogP contribution in [0.3, 0.4) is 0 Å². The molecule has 1 aliphatic rings. The molecule has 0 aliphatic carbocycles. The van der Waals surface area contributed by atoms with E-state index >= 15 is 0 Å². The fourth-order valence-corrected chi connectivity index (χ4v) is 4.46. The van der Waals surface area contributed by atoms with E-state index in [1.165, 1.54) is 16.4 Å². The quantitative estimate of drug-likeness (QED) is 0.475. The lowest BCUT2D eigenvalue weighted by Gasteiger charge is -2.18. The van der Waals surface area contributed by atoms with Crippen LogP contribution in [-0.2, 0) is 19.6 Å². The first-order chi connectivity index (χ1) is 14.4. The molecule has 0 saturated carbocycles. The smallest absolute Gasteiger partial charge is 0.363 e. The van der Waals surface area contributed by atoms with Crippen molar-refractivity contribution in [2.75, 3.05) is 19.7 Å². The third-order valence-electron chi connectivity index (χ3n) is 4.56. The molecule has 0 radical (unpaired) electrons. The van der Waals surface area contributed by atoms with Crippen molar-refractivity contribution in [3.8, 4) is 5.75 Å². The molecule has 0 atom stereocenters. The Morgan fingerprint density at radius 3 is 2.20 bits per heavy atom. The van der Waals surface area contributed by atoms with E-state index in [0.29, 0.717) is 25.3 Å². The van der Waals surface area contributed by atoms with Gasteiger partial charge in [-0.3, -0.25) is 0 Å². The first-order valence-corrected chi connectivity index (χ1v) is 11.2. The van der Waals surface area contributed by atoms with E-state index in [1.807, 2.05) is 31.2 Å². The number of cyclic esters (lactones) is 1. The predicted octanol–water partition coefficient (Wildman–Crippen LogP) is 3.46. The highest BCUT2D eigenvalue weighted by Gasteiger charge is 2.26. The third kappa shape index (κ3) is 4.60. The van der Waals surface area contributed by atoms with Crippen LogP contribution in [-0.4, -0.2) is 44.3 Å². The van der Waals surface area contributed by atoms with Gasteiger partial charge in [0.2, 0.25) is 15.9 Å². The fourth-order valence-electron chi connectivity index (χ4n) is 3.00. The van der Waals surface area contributed by atoms with Crippen molar-refractivity contribution in [1.29, 1.82) is 0 Å². The molecule has 1 heterocycles. The summed E-state index contributed by atoms with van der Waals surface area (Å²) in [6.45, 7) is 6.86. The summed E-state index contributed by atoms with van der Waals surface area (Å²) in [5, 5.41) is 0. The largest absolute Gasteiger partial charge is 0.494 e. The van der Waals surface area contributed by atoms with Gasteiger partial charge in [-0.25, -0.2) is 18.2 Å². The highest BCUT2D eigenvalue weighted by Crippen LogP contribution is 2.22. The zero-order valence-corrected chi connectivity index (χ0v) is 18.0. The Balaban J connectivity index is 1.82. The number of benzene rings is 2. The molecule has 2 aromatic rings. The van der Waals surface area contributed by atoms with Crippen LogP contribution in [0.1, 0.15) is 31.9 Å². The molecule has 1 aliphatic heterocycles. The Morgan fingerprint density at radius 1 is 1.00 bits per heavy atom. The van der Waals surface area contributed by atoms with Crippen LogP contribution < -0.4 is 4.74 Å². The van der Waals surface area contributed by atoms with E-state index in [9.17, 15) is 13.2 Å². The van der Waals surface area contributed by atoms with Crippen LogP contribution >= 0.6 is 0 Å². The predicted molar refractivity (Wildman–Crippen MR) is 115 cm³/mol. The highest BCUT2D eigenvalue weighted by molar-refractivity contribution is 7.89. The number of hydrogen-bond donors (Lipinski definition) is 0. The average Bonchev–Trinajstić information content (AvgIpc) is 3.11. The first kappa shape index (κ1) is 21.7. The molecule has 2 aromatic carbocycles. The van der Waals surface area contributed by atoms with Crippen LogP contribution in [0, 0.1) is 0 Å². The Labute approximate surface area is 176 Å². The summed E-state index contributed by atoms with van der Waals surface area (Å²) in [5.74, 6) is 0.334. The summed E-state index contributed by atoms with van der Waals surface area (Å²) < 4.78 is 37.2. The zero-order chi connectivity index (χ0) is 21.7. The Morgan fingerprint density at radius 2 is 1.63 bits per heavy atom. The Kier molecular flexibility index (Phi) is 6.69. The summed E-state index contributed by atoms with van der Waals surface area (Å²) in [6, 6.07) is 13.4. The van der Waals surface area contributed by atoms with E-state index < -0.39 is 16.0 Å². The second-order valence-corrected chi connectivity index (χ2v) is 8.39. The molecule has 8 heteroatoms. The highest BCUT2D eigenvalue weighted by atomic mass is 32.2. The number of carbonyl (C=O) groups excluding carboxylic acids is 1. The molecule has 0 fully saturated rings. The molecule has 0 bridgehead atoms. The van der Waals surface area contributed by atoms with Crippen LogP contribution in [0.4, 0.5) is 0 Å². The lowest BCUT2D eigenvalue weighted by molar-refractivity contribution is -0.129. The molecule has 0 aromatic heterocycles. The van der Waals surface area contributed by atoms with Crippen LogP contribution in [0.5, 0.6) is 5.75 Å². The molecule has 0 saturated heterocycles. The molecule has 7 nitrogen and oxygen atoms in total. The molecule has 3 rings (SSSR count). The third-order valence-corrected chi connectivity index (χ3v) is 6.62. The van der Waals surface area contributed by atoms with Crippen molar-refractivity contribution in [3.05, 3.63) is 65.4 Å². The Bertz CT molecular complexity index is 1070. The number of esters is 1. The number of sulfonamides is 1. The number of nitrogens with zero attached hydrogens (tertiary/aromatic N) is 2. The van der Waals surface area contributed by atoms with Gasteiger partial charge in [0.05, 0.1) is 11.5 Å². The minimum Gasteiger partial charge on any atom is -0.494 e. The van der Waals surface area contributed by atoms with Gasteiger partial charge in [-0.2, -0.15) is 4.31 Å². The molecule has 0 spiro atoms. The van der Waals surface area contributed by atoms with E-state index in [4.69, 9.17) is 9.47 Å². The van der Waals surface area contributed by atoms with E-state index in [1.54, 1.807) is 32.1 Å². The van der Waals surface area contributed by atoms with Gasteiger partial charge in [-0.05, 0) is 55.0 Å². The normalized spacial score (nSPS) is 15.4. The molecule has 158 valence electrons. The maximum absolute atomic E-state index is 12.6. The monoisotopic (exact) mass is 428 g/mol. The lowest BCUT2D eigenvalue weighted by atomic mass is 10.2. The van der Waals surface area contributed by atoms with Gasteiger partial charge in [0.15, 0.2) is 5.70 Å². The first-order valence-electron chi connectivity index (χ1n) is 9.75. The van der Waals surface area contributed by atoms with Crippen molar-refractivity contribution in [2.45, 2.75) is 25.7 Å². The van der Waals surface area contributed by atoms with Gasteiger partial charge in [0, 0.05) is 18.7 Å². The lowest BCUT2D eigenvalue weighted by Crippen LogP contribution is -2.30. The van der Waals surface area contributed by atoms with Gasteiger partial charge < -0.3 is 9.47 Å². The van der Waals surface area contributed by atoms with Gasteiger partial charge in [-0.15, -0.1) is 0 Å². The molecule has 0 amide bonds. The van der Waals surface area contributed by atoms with E-state index in [-0.39, 0.29) is 16.5 Å². The maximum atomic E-state index is 12.6. The summed E-state index contributed by atoms with van der Waals surface area (Å²) in [7, 11) is -3.55. The molecular formula is C22H24N2O5S. The second-order valence-electron chi connectivity index (χ2n) is 6.45. The van der Waals surface area contributed by atoms with Crippen molar-refractivity contribution < 1.29 is 22.7 Å². The van der Waals surface area contributed by atoms with Crippen molar-refractivity contribution in [3.63, 3.8) is 0 Å². The number of ether oxygens (including phenoxy) is 2. The number of hydrogen-bond acceptors (Lipinski definition) is 6. The number of rotatable bonds is 8. The fraction of sp³-hybridized carbons (Fsp3) is 0.273. The van der Waals surface area contributed by atoms with Gasteiger partial charge in [0.1, 0.15) is 5.75 Å². The minimum absolute atomic E-state index is 0.143. The van der Waals surface area contributed by atoms with E-state index in [0.717, 1.165) is 11.3 Å². The minimum atomic E-state index is -3.55. The van der Waals surface area contributed by atoms with E-state index in [2.05, 4.69) is 4.99 Å². The van der Waals surface area contributed by atoms with Gasteiger partial charge in [-0.1, -0.05) is 26.0 Å². The SMILES string of the molecule is CCOc1ccc(/C=C2\N=C(c3ccc(S(=O)(=O)N(CC)CC)cc3)OC2=O)cc1. The second kappa shape index (κ2) is 9.23. The molecule has 0 N–H and O–H groups in total.